The Morgan fingerprint density at radius 1 is 0.524 bits per heavy atom. The first-order chi connectivity index (χ1) is 30.4. The maximum absolute atomic E-state index is 12.8. The lowest BCUT2D eigenvalue weighted by atomic mass is 9.85. The van der Waals surface area contributed by atoms with Crippen LogP contribution in [-0.4, -0.2) is 98.3 Å². The number of phosphoric ester groups is 1. The Hall–Kier alpha value is -3.23. The molecule has 0 aromatic heterocycles. The zero-order valence-electron chi connectivity index (χ0n) is 37.8. The number of aliphatic hydroxyl groups is 5. The van der Waals surface area contributed by atoms with Crippen LogP contribution in [0, 0.1) is 0 Å². The first kappa shape index (κ1) is 57.8. The third kappa shape index (κ3) is 30.5. The summed E-state index contributed by atoms with van der Waals surface area (Å²) < 4.78 is 33.5. The summed E-state index contributed by atoms with van der Waals surface area (Å²) >= 11 is 0. The van der Waals surface area contributed by atoms with Gasteiger partial charge in [-0.3, -0.25) is 18.6 Å². The van der Waals surface area contributed by atoms with Crippen molar-refractivity contribution in [2.24, 2.45) is 0 Å². The summed E-state index contributed by atoms with van der Waals surface area (Å²) in [5, 5.41) is 50.2. The molecule has 0 aromatic rings. The highest BCUT2D eigenvalue weighted by Gasteiger charge is 2.51. The van der Waals surface area contributed by atoms with Gasteiger partial charge in [-0.25, -0.2) is 4.57 Å². The van der Waals surface area contributed by atoms with Crippen LogP contribution in [0.2, 0.25) is 0 Å². The van der Waals surface area contributed by atoms with Crippen LogP contribution in [0.25, 0.3) is 0 Å². The largest absolute Gasteiger partial charge is 0.472 e. The van der Waals surface area contributed by atoms with Gasteiger partial charge in [-0.2, -0.15) is 0 Å². The molecule has 1 rings (SSSR count). The predicted molar refractivity (Wildman–Crippen MR) is 248 cm³/mol. The standard InChI is InChI=1S/C49H79O13P/c1-3-5-7-9-11-13-15-17-19-20-21-22-24-26-28-30-32-34-36-38-43(51)61-41(40-60-63(57,58)62-49-47(55)45(53)44(52)46(54)48(49)56)39-59-42(50)37-35-33-31-29-27-25-23-18-16-14-12-10-8-6-4-2/h6,8,10-14,16-19,21-23,26,28,41,44-49,52-56H,3-5,7,9,15,20,24-25,27,29-40H2,1-2H3,(H,57,58)/b8-6+,12-10+,13-11+,16-14+,19-17+,22-21+,23-18+,28-26+/t41-,44?,45-,46?,47?,48?,49?/m1/s1. The molecule has 1 aliphatic rings. The second-order valence-electron chi connectivity index (χ2n) is 15.6. The van der Waals surface area contributed by atoms with E-state index in [-0.39, 0.29) is 12.8 Å². The van der Waals surface area contributed by atoms with Gasteiger partial charge in [-0.05, 0) is 77.0 Å². The average Bonchev–Trinajstić information content (AvgIpc) is 3.26. The SMILES string of the molecule is CC/C=C/C=C/C=C/C=C/CCCCCCCC(=O)OC[C@H](COP(=O)(O)OC1C(O)C(O)C(O)[C@@H](O)C1O)OC(=O)CCCCC/C=C/C/C=C/C/C=C/C/C=C/CCCCC. The van der Waals surface area contributed by atoms with Crippen LogP contribution >= 0.6 is 7.82 Å². The number of esters is 2. The van der Waals surface area contributed by atoms with Gasteiger partial charge in [0.15, 0.2) is 6.10 Å². The average molecular weight is 907 g/mol. The van der Waals surface area contributed by atoms with E-state index in [2.05, 4.69) is 74.6 Å². The summed E-state index contributed by atoms with van der Waals surface area (Å²) in [6.07, 6.45) is 37.4. The lowest BCUT2D eigenvalue weighted by Gasteiger charge is -2.41. The first-order valence-electron chi connectivity index (χ1n) is 23.1. The van der Waals surface area contributed by atoms with Gasteiger partial charge in [0.2, 0.25) is 0 Å². The molecule has 0 spiro atoms. The Balaban J connectivity index is 2.52. The molecule has 0 aromatic carbocycles. The number of rotatable bonds is 36. The zero-order valence-corrected chi connectivity index (χ0v) is 38.7. The van der Waals surface area contributed by atoms with Crippen molar-refractivity contribution in [1.82, 2.24) is 0 Å². The van der Waals surface area contributed by atoms with E-state index in [4.69, 9.17) is 18.5 Å². The van der Waals surface area contributed by atoms with Crippen LogP contribution in [0.5, 0.6) is 0 Å². The molecule has 0 amide bonds. The van der Waals surface area contributed by atoms with Gasteiger partial charge in [-0.15, -0.1) is 0 Å². The van der Waals surface area contributed by atoms with Crippen LogP contribution in [0.15, 0.2) is 97.2 Å². The fraction of sp³-hybridized carbons (Fsp3) is 0.633. The summed E-state index contributed by atoms with van der Waals surface area (Å²) in [5.41, 5.74) is 0. The molecule has 1 saturated carbocycles. The van der Waals surface area contributed by atoms with Crippen LogP contribution in [0.4, 0.5) is 0 Å². The van der Waals surface area contributed by atoms with E-state index < -0.39 is 75.7 Å². The predicted octanol–water partition coefficient (Wildman–Crippen LogP) is 9.05. The van der Waals surface area contributed by atoms with Crippen LogP contribution < -0.4 is 0 Å². The number of carbonyl (C=O) groups excluding carboxylic acids is 2. The molecule has 1 fully saturated rings. The van der Waals surface area contributed by atoms with Crippen molar-refractivity contribution in [3.8, 4) is 0 Å². The van der Waals surface area contributed by atoms with Crippen molar-refractivity contribution in [3.63, 3.8) is 0 Å². The number of allylic oxidation sites excluding steroid dienone is 16. The molecule has 0 saturated heterocycles. The molecule has 1 aliphatic carbocycles. The fourth-order valence-electron chi connectivity index (χ4n) is 6.28. The van der Waals surface area contributed by atoms with Crippen molar-refractivity contribution < 1.29 is 63.1 Å². The number of hydrogen-bond acceptors (Lipinski definition) is 12. The molecule has 13 nitrogen and oxygen atoms in total. The van der Waals surface area contributed by atoms with E-state index in [1.807, 2.05) is 36.5 Å². The van der Waals surface area contributed by atoms with Crippen molar-refractivity contribution >= 4 is 19.8 Å². The van der Waals surface area contributed by atoms with Gasteiger partial charge in [0.05, 0.1) is 6.61 Å². The summed E-state index contributed by atoms with van der Waals surface area (Å²) in [5.74, 6) is -1.17. The Kier molecular flexibility index (Phi) is 34.9. The molecule has 0 radical (unpaired) electrons. The number of unbranched alkanes of at least 4 members (excludes halogenated alkanes) is 11. The van der Waals surface area contributed by atoms with Crippen LogP contribution in [0.1, 0.15) is 142 Å². The number of phosphoric acid groups is 1. The minimum atomic E-state index is -5.14. The molecule has 63 heavy (non-hydrogen) atoms. The lowest BCUT2D eigenvalue weighted by molar-refractivity contribution is -0.220. The maximum atomic E-state index is 12.8. The Morgan fingerprint density at radius 2 is 0.968 bits per heavy atom. The molecular formula is C49H79O13P. The number of carbonyl (C=O) groups is 2. The lowest BCUT2D eigenvalue weighted by Crippen LogP contribution is -2.64. The molecule has 0 heterocycles. The van der Waals surface area contributed by atoms with Gasteiger partial charge in [0, 0.05) is 12.8 Å². The van der Waals surface area contributed by atoms with E-state index in [9.17, 15) is 44.6 Å². The summed E-state index contributed by atoms with van der Waals surface area (Å²) in [6, 6.07) is 0. The van der Waals surface area contributed by atoms with Crippen molar-refractivity contribution in [2.45, 2.75) is 185 Å². The van der Waals surface area contributed by atoms with E-state index in [0.29, 0.717) is 12.8 Å². The molecule has 0 bridgehead atoms. The maximum Gasteiger partial charge on any atom is 0.472 e. The Bertz CT molecular complexity index is 1470. The van der Waals surface area contributed by atoms with Gasteiger partial charge >= 0.3 is 19.8 Å². The normalized spacial score (nSPS) is 22.6. The minimum absolute atomic E-state index is 0.0473. The van der Waals surface area contributed by atoms with E-state index in [0.717, 1.165) is 83.5 Å². The molecule has 8 atom stereocenters. The van der Waals surface area contributed by atoms with Gasteiger partial charge in [0.25, 0.3) is 0 Å². The second-order valence-corrected chi connectivity index (χ2v) is 17.0. The molecule has 6 N–H and O–H groups in total. The first-order valence-corrected chi connectivity index (χ1v) is 24.6. The number of aliphatic hydroxyl groups excluding tert-OH is 5. The van der Waals surface area contributed by atoms with Crippen LogP contribution in [0.3, 0.4) is 0 Å². The van der Waals surface area contributed by atoms with E-state index in [1.54, 1.807) is 0 Å². The topological polar surface area (TPSA) is 210 Å². The van der Waals surface area contributed by atoms with E-state index in [1.165, 1.54) is 19.3 Å². The molecule has 6 unspecified atom stereocenters. The second kappa shape index (κ2) is 38.1. The van der Waals surface area contributed by atoms with Gasteiger partial charge in [-0.1, -0.05) is 150 Å². The monoisotopic (exact) mass is 907 g/mol. The summed E-state index contributed by atoms with van der Waals surface area (Å²) in [4.78, 5) is 35.7. The summed E-state index contributed by atoms with van der Waals surface area (Å²) in [6.45, 7) is 3.07. The van der Waals surface area contributed by atoms with E-state index >= 15 is 0 Å². The van der Waals surface area contributed by atoms with Crippen LogP contribution in [-0.2, 0) is 32.7 Å². The Morgan fingerprint density at radius 3 is 1.54 bits per heavy atom. The summed E-state index contributed by atoms with van der Waals surface area (Å²) in [7, 11) is -5.14. The fourth-order valence-corrected chi connectivity index (χ4v) is 7.25. The number of hydrogen-bond donors (Lipinski definition) is 6. The molecule has 14 heteroatoms. The van der Waals surface area contributed by atoms with Crippen molar-refractivity contribution in [2.75, 3.05) is 13.2 Å². The third-order valence-corrected chi connectivity index (χ3v) is 11.0. The van der Waals surface area contributed by atoms with Crippen molar-refractivity contribution in [1.29, 1.82) is 0 Å². The quantitative estimate of drug-likeness (QED) is 0.0114. The molecule has 0 aliphatic heterocycles. The van der Waals surface area contributed by atoms with Gasteiger partial charge in [0.1, 0.15) is 43.2 Å². The zero-order chi connectivity index (χ0) is 46.4. The van der Waals surface area contributed by atoms with Crippen molar-refractivity contribution in [3.05, 3.63) is 97.2 Å². The van der Waals surface area contributed by atoms with Gasteiger partial charge < -0.3 is 39.9 Å². The molecule has 358 valence electrons. The highest BCUT2D eigenvalue weighted by molar-refractivity contribution is 7.47. The number of ether oxygens (including phenoxy) is 2. The minimum Gasteiger partial charge on any atom is -0.462 e. The Labute approximate surface area is 377 Å². The third-order valence-electron chi connectivity index (χ3n) is 10.0. The molecular weight excluding hydrogens is 827 g/mol. The highest BCUT2D eigenvalue weighted by Crippen LogP contribution is 2.47. The smallest absolute Gasteiger partial charge is 0.462 e. The highest BCUT2D eigenvalue weighted by atomic mass is 31.2.